The molecular weight excluding hydrogens is 306 g/mol. The van der Waals surface area contributed by atoms with Crippen molar-refractivity contribution < 1.29 is 22.1 Å². The minimum absolute atomic E-state index is 0.0973. The van der Waals surface area contributed by atoms with E-state index in [0.717, 1.165) is 5.56 Å². The molecule has 0 aliphatic rings. The van der Waals surface area contributed by atoms with E-state index in [1.807, 2.05) is 6.92 Å². The molecule has 0 unspecified atom stereocenters. The summed E-state index contributed by atoms with van der Waals surface area (Å²) in [6.45, 7) is 1.68. The lowest BCUT2D eigenvalue weighted by Crippen LogP contribution is -2.07. The predicted octanol–water partition coefficient (Wildman–Crippen LogP) is 2.75. The second-order valence-electron chi connectivity index (χ2n) is 4.81. The van der Waals surface area contributed by atoms with Crippen LogP contribution in [0.3, 0.4) is 0 Å². The third-order valence-electron chi connectivity index (χ3n) is 3.17. The molecule has 0 aliphatic carbocycles. The highest BCUT2D eigenvalue weighted by Gasteiger charge is 2.16. The largest absolute Gasteiger partial charge is 0.480 e. The van der Waals surface area contributed by atoms with Gasteiger partial charge in [0, 0.05) is 0 Å². The molecule has 22 heavy (non-hydrogen) atoms. The molecule has 0 spiro atoms. The Labute approximate surface area is 127 Å². The van der Waals surface area contributed by atoms with Gasteiger partial charge < -0.3 is 9.52 Å². The first-order valence-electron chi connectivity index (χ1n) is 6.48. The van der Waals surface area contributed by atoms with Crippen LogP contribution in [-0.2, 0) is 20.9 Å². The number of pyridine rings is 1. The van der Waals surface area contributed by atoms with Crippen LogP contribution >= 0.6 is 0 Å². The number of furan rings is 1. The van der Waals surface area contributed by atoms with Gasteiger partial charge in [-0.1, -0.05) is 17.7 Å². The molecule has 0 aliphatic heterocycles. The number of benzene rings is 1. The van der Waals surface area contributed by atoms with Crippen molar-refractivity contribution in [3.05, 3.63) is 53.9 Å². The van der Waals surface area contributed by atoms with Crippen LogP contribution in [0.2, 0.25) is 0 Å². The van der Waals surface area contributed by atoms with E-state index in [4.69, 9.17) is 8.60 Å². The maximum atomic E-state index is 12.1. The molecule has 1 N–H and O–H groups in total. The van der Waals surface area contributed by atoms with E-state index in [2.05, 4.69) is 4.98 Å². The number of aromatic nitrogens is 1. The Kier molecular flexibility index (Phi) is 3.59. The number of nitrogens with zero attached hydrogens (tertiary/aromatic N) is 1. The topological polar surface area (TPSA) is 89.6 Å². The highest BCUT2D eigenvalue weighted by Crippen LogP contribution is 2.25. The molecule has 1 aromatic carbocycles. The van der Waals surface area contributed by atoms with Crippen molar-refractivity contribution in [2.45, 2.75) is 18.4 Å². The lowest BCUT2D eigenvalue weighted by Gasteiger charge is -2.05. The minimum atomic E-state index is -3.84. The summed E-state index contributed by atoms with van der Waals surface area (Å²) >= 11 is 0. The van der Waals surface area contributed by atoms with E-state index < -0.39 is 10.1 Å². The summed E-state index contributed by atoms with van der Waals surface area (Å²) in [5.74, 6) is -0.220. The lowest BCUT2D eigenvalue weighted by atomic mass is 10.2. The molecule has 0 fully saturated rings. The Hall–Kier alpha value is -2.38. The van der Waals surface area contributed by atoms with Crippen LogP contribution in [0.5, 0.6) is 5.95 Å². The van der Waals surface area contributed by atoms with E-state index in [9.17, 15) is 13.5 Å². The van der Waals surface area contributed by atoms with Crippen LogP contribution < -0.4 is 0 Å². The Balaban J connectivity index is 1.79. The summed E-state index contributed by atoms with van der Waals surface area (Å²) in [5, 5.41) is 9.86. The van der Waals surface area contributed by atoms with Gasteiger partial charge in [0.25, 0.3) is 16.1 Å². The normalized spacial score (nSPS) is 11.9. The average molecular weight is 319 g/mol. The van der Waals surface area contributed by atoms with Gasteiger partial charge in [-0.15, -0.1) is 0 Å². The molecule has 0 saturated carbocycles. The number of hydrogen-bond donors (Lipinski definition) is 1. The van der Waals surface area contributed by atoms with Gasteiger partial charge in [-0.3, -0.25) is 4.18 Å². The van der Waals surface area contributed by atoms with Gasteiger partial charge in [0.2, 0.25) is 0 Å². The quantitative estimate of drug-likeness (QED) is 0.744. The van der Waals surface area contributed by atoms with Crippen LogP contribution in [0.4, 0.5) is 0 Å². The average Bonchev–Trinajstić information content (AvgIpc) is 2.87. The SMILES string of the molecule is Cc1ccc(S(=O)(=O)OCc2ccc3c(O)occ3n2)cc1. The third-order valence-corrected chi connectivity index (χ3v) is 4.44. The molecule has 2 aromatic heterocycles. The van der Waals surface area contributed by atoms with Crippen molar-refractivity contribution in [1.29, 1.82) is 0 Å². The molecule has 2 heterocycles. The Morgan fingerprint density at radius 1 is 1.18 bits per heavy atom. The van der Waals surface area contributed by atoms with Gasteiger partial charge in [-0.05, 0) is 31.2 Å². The van der Waals surface area contributed by atoms with Gasteiger partial charge in [-0.25, -0.2) is 4.98 Å². The summed E-state index contributed by atoms with van der Waals surface area (Å²) in [5.41, 5.74) is 1.82. The number of rotatable bonds is 4. The van der Waals surface area contributed by atoms with Gasteiger partial charge in [0.1, 0.15) is 18.4 Å². The number of aryl methyl sites for hydroxylation is 1. The lowest BCUT2D eigenvalue weighted by molar-refractivity contribution is 0.304. The van der Waals surface area contributed by atoms with Crippen molar-refractivity contribution >= 4 is 21.0 Å². The summed E-state index contributed by atoms with van der Waals surface area (Å²) < 4.78 is 34.0. The molecule has 0 bridgehead atoms. The fourth-order valence-electron chi connectivity index (χ4n) is 1.95. The minimum Gasteiger partial charge on any atom is -0.480 e. The highest BCUT2D eigenvalue weighted by molar-refractivity contribution is 7.86. The maximum absolute atomic E-state index is 12.1. The second kappa shape index (κ2) is 5.43. The fraction of sp³-hybridized carbons (Fsp3) is 0.133. The molecule has 3 rings (SSSR count). The van der Waals surface area contributed by atoms with Crippen LogP contribution in [-0.4, -0.2) is 18.5 Å². The Bertz CT molecular complexity index is 913. The fourth-order valence-corrected chi connectivity index (χ4v) is 2.84. The molecule has 3 aromatic rings. The molecule has 0 radical (unpaired) electrons. The first-order chi connectivity index (χ1) is 10.5. The molecule has 0 atom stereocenters. The summed E-state index contributed by atoms with van der Waals surface area (Å²) in [7, 11) is -3.84. The number of aromatic hydroxyl groups is 1. The smallest absolute Gasteiger partial charge is 0.297 e. The van der Waals surface area contributed by atoms with E-state index in [-0.39, 0.29) is 17.4 Å². The van der Waals surface area contributed by atoms with Crippen molar-refractivity contribution in [1.82, 2.24) is 4.98 Å². The van der Waals surface area contributed by atoms with Crippen LogP contribution in [0.25, 0.3) is 10.9 Å². The van der Waals surface area contributed by atoms with Crippen molar-refractivity contribution in [3.63, 3.8) is 0 Å². The van der Waals surface area contributed by atoms with Crippen LogP contribution in [0.1, 0.15) is 11.3 Å². The summed E-state index contributed by atoms with van der Waals surface area (Å²) in [4.78, 5) is 4.26. The second-order valence-corrected chi connectivity index (χ2v) is 6.42. The van der Waals surface area contributed by atoms with E-state index >= 15 is 0 Å². The first-order valence-corrected chi connectivity index (χ1v) is 7.89. The van der Waals surface area contributed by atoms with Crippen molar-refractivity contribution in [2.24, 2.45) is 0 Å². The summed E-state index contributed by atoms with van der Waals surface area (Å²) in [6, 6.07) is 9.56. The van der Waals surface area contributed by atoms with Gasteiger partial charge in [0.05, 0.1) is 16.0 Å². The van der Waals surface area contributed by atoms with Gasteiger partial charge in [0.15, 0.2) is 0 Å². The highest BCUT2D eigenvalue weighted by atomic mass is 32.2. The number of hydrogen-bond acceptors (Lipinski definition) is 6. The van der Waals surface area contributed by atoms with Crippen molar-refractivity contribution in [2.75, 3.05) is 0 Å². The van der Waals surface area contributed by atoms with E-state index in [1.165, 1.54) is 18.4 Å². The molecular formula is C15H13NO5S. The van der Waals surface area contributed by atoms with E-state index in [1.54, 1.807) is 24.3 Å². The zero-order chi connectivity index (χ0) is 15.7. The van der Waals surface area contributed by atoms with Crippen molar-refractivity contribution in [3.8, 4) is 5.95 Å². The molecule has 0 amide bonds. The maximum Gasteiger partial charge on any atom is 0.297 e. The third kappa shape index (κ3) is 2.81. The predicted molar refractivity (Wildman–Crippen MR) is 78.8 cm³/mol. The van der Waals surface area contributed by atoms with E-state index in [0.29, 0.717) is 16.6 Å². The zero-order valence-electron chi connectivity index (χ0n) is 11.7. The monoisotopic (exact) mass is 319 g/mol. The standard InChI is InChI=1S/C15H13NO5S/c1-10-2-5-12(6-3-10)22(18,19)21-8-11-4-7-13-14(16-11)9-20-15(13)17/h2-7,9,17H,8H2,1H3. The molecule has 114 valence electrons. The van der Waals surface area contributed by atoms with Crippen LogP contribution in [0.15, 0.2) is 52.0 Å². The number of fused-ring (bicyclic) bond motifs is 1. The molecule has 7 heteroatoms. The summed E-state index contributed by atoms with van der Waals surface area (Å²) in [6.07, 6.45) is 1.29. The first kappa shape index (κ1) is 14.6. The van der Waals surface area contributed by atoms with Crippen LogP contribution in [0, 0.1) is 6.92 Å². The Morgan fingerprint density at radius 2 is 1.91 bits per heavy atom. The zero-order valence-corrected chi connectivity index (χ0v) is 12.5. The van der Waals surface area contributed by atoms with Gasteiger partial charge >= 0.3 is 0 Å². The molecule has 0 saturated heterocycles. The van der Waals surface area contributed by atoms with Gasteiger partial charge in [-0.2, -0.15) is 8.42 Å². The molecule has 6 nitrogen and oxygen atoms in total. The Morgan fingerprint density at radius 3 is 2.64 bits per heavy atom.